The largest absolute Gasteiger partial charge is 0.488 e. The summed E-state index contributed by atoms with van der Waals surface area (Å²) in [4.78, 5) is 0. The number of halogens is 2. The summed E-state index contributed by atoms with van der Waals surface area (Å²) in [6.45, 7) is 1.80. The minimum atomic E-state index is -0.619. The van der Waals surface area contributed by atoms with Gasteiger partial charge in [-0.25, -0.2) is 4.39 Å². The molecule has 0 saturated carbocycles. The molecule has 2 nitrogen and oxygen atoms in total. The van der Waals surface area contributed by atoms with E-state index in [-0.39, 0.29) is 12.4 Å². The van der Waals surface area contributed by atoms with Gasteiger partial charge in [-0.1, -0.05) is 40.2 Å². The van der Waals surface area contributed by atoms with E-state index in [1.165, 1.54) is 6.07 Å². The first-order valence-electron chi connectivity index (χ1n) is 5.91. The number of hydrogen-bond acceptors (Lipinski definition) is 2. The van der Waals surface area contributed by atoms with Crippen LogP contribution in [0.15, 0.2) is 46.9 Å². The second kappa shape index (κ2) is 6.17. The van der Waals surface area contributed by atoms with Gasteiger partial charge in [0.1, 0.15) is 18.2 Å². The zero-order valence-corrected chi connectivity index (χ0v) is 12.0. The summed E-state index contributed by atoms with van der Waals surface area (Å²) in [6.07, 6.45) is -0.619. The number of hydrogen-bond donors (Lipinski definition) is 1. The molecule has 0 bridgehead atoms. The Bertz CT molecular complexity index is 570. The molecule has 0 aliphatic rings. The second-order valence-corrected chi connectivity index (χ2v) is 5.15. The average molecular weight is 325 g/mol. The molecule has 0 spiro atoms. The van der Waals surface area contributed by atoms with Crippen LogP contribution in [-0.4, -0.2) is 5.11 Å². The van der Waals surface area contributed by atoms with Crippen molar-refractivity contribution in [3.63, 3.8) is 0 Å². The molecule has 100 valence electrons. The van der Waals surface area contributed by atoms with E-state index in [1.54, 1.807) is 31.2 Å². The average Bonchev–Trinajstić information content (AvgIpc) is 2.38. The molecule has 1 N–H and O–H groups in total. The number of rotatable bonds is 4. The van der Waals surface area contributed by atoms with E-state index in [4.69, 9.17) is 4.74 Å². The third kappa shape index (κ3) is 3.55. The second-order valence-electron chi connectivity index (χ2n) is 4.24. The molecule has 1 atom stereocenters. The van der Waals surface area contributed by atoms with Crippen LogP contribution < -0.4 is 4.74 Å². The molecule has 0 unspecified atom stereocenters. The van der Waals surface area contributed by atoms with Gasteiger partial charge in [-0.3, -0.25) is 0 Å². The van der Waals surface area contributed by atoms with Gasteiger partial charge in [0, 0.05) is 15.6 Å². The van der Waals surface area contributed by atoms with Gasteiger partial charge < -0.3 is 9.84 Å². The van der Waals surface area contributed by atoms with Crippen molar-refractivity contribution in [1.29, 1.82) is 0 Å². The Morgan fingerprint density at radius 3 is 2.68 bits per heavy atom. The summed E-state index contributed by atoms with van der Waals surface area (Å²) in [7, 11) is 0. The summed E-state index contributed by atoms with van der Waals surface area (Å²) in [6, 6.07) is 12.0. The summed E-state index contributed by atoms with van der Waals surface area (Å²) in [5.41, 5.74) is 1.17. The highest BCUT2D eigenvalue weighted by molar-refractivity contribution is 9.10. The standard InChI is InChI=1S/C15H14BrFO2/c1-10(18)13-4-2-3-5-15(13)19-9-11-6-7-12(16)8-14(11)17/h2-8,10,18H,9H2,1H3/t10-/m0/s1. The maximum Gasteiger partial charge on any atom is 0.130 e. The Kier molecular flexibility index (Phi) is 4.56. The first kappa shape index (κ1) is 14.0. The topological polar surface area (TPSA) is 29.5 Å². The fourth-order valence-electron chi connectivity index (χ4n) is 1.75. The van der Waals surface area contributed by atoms with Gasteiger partial charge in [0.15, 0.2) is 0 Å². The number of para-hydroxylation sites is 1. The lowest BCUT2D eigenvalue weighted by Gasteiger charge is -2.13. The molecule has 2 aromatic rings. The zero-order valence-electron chi connectivity index (χ0n) is 10.4. The van der Waals surface area contributed by atoms with Gasteiger partial charge in [-0.05, 0) is 25.1 Å². The van der Waals surface area contributed by atoms with Crippen molar-refractivity contribution < 1.29 is 14.2 Å². The first-order valence-corrected chi connectivity index (χ1v) is 6.71. The van der Waals surface area contributed by atoms with E-state index in [1.807, 2.05) is 12.1 Å². The molecule has 2 rings (SSSR count). The van der Waals surface area contributed by atoms with Gasteiger partial charge in [-0.2, -0.15) is 0 Å². The number of benzene rings is 2. The fourth-order valence-corrected chi connectivity index (χ4v) is 2.08. The Morgan fingerprint density at radius 1 is 1.26 bits per heavy atom. The first-order chi connectivity index (χ1) is 9.08. The molecular formula is C15H14BrFO2. The molecule has 0 radical (unpaired) electrons. The fraction of sp³-hybridized carbons (Fsp3) is 0.200. The molecule has 4 heteroatoms. The Balaban J connectivity index is 2.14. The van der Waals surface area contributed by atoms with Crippen LogP contribution in [0.25, 0.3) is 0 Å². The van der Waals surface area contributed by atoms with Gasteiger partial charge in [0.05, 0.1) is 6.10 Å². The molecule has 0 saturated heterocycles. The van der Waals surface area contributed by atoms with Crippen molar-refractivity contribution >= 4 is 15.9 Å². The van der Waals surface area contributed by atoms with Gasteiger partial charge in [-0.15, -0.1) is 0 Å². The van der Waals surface area contributed by atoms with Crippen molar-refractivity contribution in [3.05, 3.63) is 63.9 Å². The number of ether oxygens (including phenoxy) is 1. The molecular weight excluding hydrogens is 311 g/mol. The van der Waals surface area contributed by atoms with E-state index in [2.05, 4.69) is 15.9 Å². The molecule has 0 fully saturated rings. The normalized spacial score (nSPS) is 12.2. The highest BCUT2D eigenvalue weighted by atomic mass is 79.9. The van der Waals surface area contributed by atoms with Crippen LogP contribution in [0.4, 0.5) is 4.39 Å². The van der Waals surface area contributed by atoms with E-state index in [0.717, 1.165) is 0 Å². The Morgan fingerprint density at radius 2 is 2.00 bits per heavy atom. The summed E-state index contributed by atoms with van der Waals surface area (Å²) < 4.78 is 19.9. The Hall–Kier alpha value is -1.39. The van der Waals surface area contributed by atoms with Crippen LogP contribution in [0, 0.1) is 5.82 Å². The highest BCUT2D eigenvalue weighted by Crippen LogP contribution is 2.26. The third-order valence-electron chi connectivity index (χ3n) is 2.77. The van der Waals surface area contributed by atoms with Crippen molar-refractivity contribution in [3.8, 4) is 5.75 Å². The smallest absolute Gasteiger partial charge is 0.130 e. The third-order valence-corrected chi connectivity index (χ3v) is 3.26. The van der Waals surface area contributed by atoms with Gasteiger partial charge >= 0.3 is 0 Å². The number of aliphatic hydroxyl groups excluding tert-OH is 1. The predicted octanol–water partition coefficient (Wildman–Crippen LogP) is 4.22. The molecule has 0 aliphatic heterocycles. The van der Waals surface area contributed by atoms with Crippen molar-refractivity contribution in [2.45, 2.75) is 19.6 Å². The predicted molar refractivity (Wildman–Crippen MR) is 75.5 cm³/mol. The van der Waals surface area contributed by atoms with Gasteiger partial charge in [0.2, 0.25) is 0 Å². The van der Waals surface area contributed by atoms with Crippen LogP contribution >= 0.6 is 15.9 Å². The molecule has 0 amide bonds. The number of aliphatic hydroxyl groups is 1. The van der Waals surface area contributed by atoms with E-state index < -0.39 is 6.10 Å². The maximum atomic E-state index is 13.7. The molecule has 19 heavy (non-hydrogen) atoms. The molecule has 0 heterocycles. The Labute approximate surface area is 120 Å². The monoisotopic (exact) mass is 324 g/mol. The summed E-state index contributed by atoms with van der Waals surface area (Å²) in [5.74, 6) is 0.253. The van der Waals surface area contributed by atoms with E-state index >= 15 is 0 Å². The quantitative estimate of drug-likeness (QED) is 0.912. The van der Waals surface area contributed by atoms with Crippen LogP contribution in [0.3, 0.4) is 0 Å². The maximum absolute atomic E-state index is 13.7. The van der Waals surface area contributed by atoms with Crippen molar-refractivity contribution in [2.24, 2.45) is 0 Å². The molecule has 2 aromatic carbocycles. The SMILES string of the molecule is C[C@H](O)c1ccccc1OCc1ccc(Br)cc1F. The molecule has 0 aromatic heterocycles. The van der Waals surface area contributed by atoms with Crippen LogP contribution in [-0.2, 0) is 6.61 Å². The van der Waals surface area contributed by atoms with E-state index in [9.17, 15) is 9.50 Å². The van der Waals surface area contributed by atoms with E-state index in [0.29, 0.717) is 21.3 Å². The lowest BCUT2D eigenvalue weighted by Crippen LogP contribution is -2.02. The van der Waals surface area contributed by atoms with Crippen molar-refractivity contribution in [2.75, 3.05) is 0 Å². The lowest BCUT2D eigenvalue weighted by atomic mass is 10.1. The zero-order chi connectivity index (χ0) is 13.8. The van der Waals surface area contributed by atoms with Crippen LogP contribution in [0.1, 0.15) is 24.2 Å². The highest BCUT2D eigenvalue weighted by Gasteiger charge is 2.09. The minimum absolute atomic E-state index is 0.128. The molecule has 0 aliphatic carbocycles. The minimum Gasteiger partial charge on any atom is -0.488 e. The van der Waals surface area contributed by atoms with Gasteiger partial charge in [0.25, 0.3) is 0 Å². The summed E-state index contributed by atoms with van der Waals surface area (Å²) in [5, 5.41) is 9.63. The summed E-state index contributed by atoms with van der Waals surface area (Å²) >= 11 is 3.21. The lowest BCUT2D eigenvalue weighted by molar-refractivity contribution is 0.190. The van der Waals surface area contributed by atoms with Crippen LogP contribution in [0.2, 0.25) is 0 Å². The van der Waals surface area contributed by atoms with Crippen molar-refractivity contribution in [1.82, 2.24) is 0 Å². The van der Waals surface area contributed by atoms with Crippen LogP contribution in [0.5, 0.6) is 5.75 Å².